The summed E-state index contributed by atoms with van der Waals surface area (Å²) < 4.78 is 5.82. The third-order valence-corrected chi connectivity index (χ3v) is 3.66. The topological polar surface area (TPSA) is 24.5 Å². The lowest BCUT2D eigenvalue weighted by Gasteiger charge is -2.15. The predicted molar refractivity (Wildman–Crippen MR) is 76.5 cm³/mol. The van der Waals surface area contributed by atoms with E-state index in [1.807, 2.05) is 0 Å². The summed E-state index contributed by atoms with van der Waals surface area (Å²) >= 11 is 0. The molecular weight excluding hydrogens is 224 g/mol. The molecule has 1 saturated heterocycles. The summed E-state index contributed by atoms with van der Waals surface area (Å²) in [5.74, 6) is 1.02. The van der Waals surface area contributed by atoms with Crippen molar-refractivity contribution in [3.05, 3.63) is 23.8 Å². The molecule has 2 heterocycles. The van der Waals surface area contributed by atoms with Crippen molar-refractivity contribution in [2.45, 2.75) is 26.7 Å². The van der Waals surface area contributed by atoms with Crippen molar-refractivity contribution in [1.29, 1.82) is 0 Å². The molecule has 3 heteroatoms. The van der Waals surface area contributed by atoms with Gasteiger partial charge in [-0.05, 0) is 56.1 Å². The van der Waals surface area contributed by atoms with Crippen LogP contribution in [0, 0.1) is 0 Å². The van der Waals surface area contributed by atoms with Gasteiger partial charge in [0.05, 0.1) is 0 Å². The predicted octanol–water partition coefficient (Wildman–Crippen LogP) is 2.77. The Bertz CT molecular complexity index is 386. The standard InChI is InChI=1S/C14H20N2O.CH4/c1-2-8-16(7-1)9-10-17-13-3-4-14-12(11-13)5-6-15-14;/h3-4,11,15H,1-2,5-10H2;1H4. The van der Waals surface area contributed by atoms with Crippen LogP contribution in [0.3, 0.4) is 0 Å². The number of hydrogen-bond donors (Lipinski definition) is 1. The van der Waals surface area contributed by atoms with Gasteiger partial charge in [-0.3, -0.25) is 4.90 Å². The van der Waals surface area contributed by atoms with E-state index in [-0.39, 0.29) is 7.43 Å². The minimum absolute atomic E-state index is 0. The van der Waals surface area contributed by atoms with Crippen molar-refractivity contribution in [2.75, 3.05) is 38.1 Å². The second kappa shape index (κ2) is 6.10. The Morgan fingerprint density at radius 1 is 1.22 bits per heavy atom. The van der Waals surface area contributed by atoms with Crippen LogP contribution in [0.4, 0.5) is 5.69 Å². The largest absolute Gasteiger partial charge is 0.492 e. The Balaban J connectivity index is 0.00000120. The smallest absolute Gasteiger partial charge is 0.119 e. The first-order valence-corrected chi connectivity index (χ1v) is 6.64. The normalized spacial score (nSPS) is 18.0. The van der Waals surface area contributed by atoms with E-state index < -0.39 is 0 Å². The second-order valence-electron chi connectivity index (χ2n) is 4.89. The van der Waals surface area contributed by atoms with Crippen molar-refractivity contribution < 1.29 is 4.74 Å². The molecule has 0 aromatic heterocycles. The van der Waals surface area contributed by atoms with Crippen molar-refractivity contribution in [3.8, 4) is 5.75 Å². The molecule has 0 unspecified atom stereocenters. The van der Waals surface area contributed by atoms with Crippen LogP contribution in [0.5, 0.6) is 5.75 Å². The van der Waals surface area contributed by atoms with E-state index in [0.29, 0.717) is 0 Å². The van der Waals surface area contributed by atoms with Gasteiger partial charge in [0, 0.05) is 18.8 Å². The maximum absolute atomic E-state index is 5.82. The maximum atomic E-state index is 5.82. The van der Waals surface area contributed by atoms with Crippen molar-refractivity contribution >= 4 is 5.69 Å². The molecule has 18 heavy (non-hydrogen) atoms. The van der Waals surface area contributed by atoms with Gasteiger partial charge in [-0.25, -0.2) is 0 Å². The average Bonchev–Trinajstić information content (AvgIpc) is 2.98. The molecular formula is C15H24N2O. The zero-order chi connectivity index (χ0) is 11.5. The molecule has 0 amide bonds. The van der Waals surface area contributed by atoms with Crippen molar-refractivity contribution in [2.24, 2.45) is 0 Å². The molecule has 0 radical (unpaired) electrons. The minimum Gasteiger partial charge on any atom is -0.492 e. The second-order valence-corrected chi connectivity index (χ2v) is 4.89. The van der Waals surface area contributed by atoms with Crippen LogP contribution >= 0.6 is 0 Å². The van der Waals surface area contributed by atoms with Gasteiger partial charge in [0.15, 0.2) is 0 Å². The SMILES string of the molecule is C.c1cc2c(cc1OCCN1CCCC1)CCN2. The lowest BCUT2D eigenvalue weighted by atomic mass is 10.1. The third kappa shape index (κ3) is 2.96. The summed E-state index contributed by atoms with van der Waals surface area (Å²) in [6.07, 6.45) is 3.83. The van der Waals surface area contributed by atoms with E-state index in [1.54, 1.807) is 0 Å². The average molecular weight is 248 g/mol. The molecule has 1 fully saturated rings. The van der Waals surface area contributed by atoms with Crippen LogP contribution in [0.25, 0.3) is 0 Å². The third-order valence-electron chi connectivity index (χ3n) is 3.66. The molecule has 100 valence electrons. The van der Waals surface area contributed by atoms with E-state index in [0.717, 1.165) is 31.9 Å². The quantitative estimate of drug-likeness (QED) is 0.886. The molecule has 0 bridgehead atoms. The van der Waals surface area contributed by atoms with Gasteiger partial charge in [-0.2, -0.15) is 0 Å². The number of rotatable bonds is 4. The molecule has 3 nitrogen and oxygen atoms in total. The first-order chi connectivity index (χ1) is 8.42. The maximum Gasteiger partial charge on any atom is 0.119 e. The van der Waals surface area contributed by atoms with Crippen LogP contribution in [0.2, 0.25) is 0 Å². The molecule has 0 saturated carbocycles. The first-order valence-electron chi connectivity index (χ1n) is 6.64. The summed E-state index contributed by atoms with van der Waals surface area (Å²) in [6, 6.07) is 6.38. The highest BCUT2D eigenvalue weighted by Gasteiger charge is 2.12. The van der Waals surface area contributed by atoms with Crippen LogP contribution < -0.4 is 10.1 Å². The minimum atomic E-state index is 0. The van der Waals surface area contributed by atoms with Crippen molar-refractivity contribution in [3.63, 3.8) is 0 Å². The number of anilines is 1. The molecule has 3 rings (SSSR count). The van der Waals surface area contributed by atoms with Gasteiger partial charge < -0.3 is 10.1 Å². The molecule has 1 aromatic rings. The number of nitrogens with one attached hydrogen (secondary N) is 1. The Morgan fingerprint density at radius 2 is 2.06 bits per heavy atom. The van der Waals surface area contributed by atoms with Gasteiger partial charge >= 0.3 is 0 Å². The molecule has 0 atom stereocenters. The summed E-state index contributed by atoms with van der Waals surface area (Å²) in [6.45, 7) is 5.43. The highest BCUT2D eigenvalue weighted by Crippen LogP contribution is 2.26. The molecule has 1 N–H and O–H groups in total. The van der Waals surface area contributed by atoms with Gasteiger partial charge in [0.2, 0.25) is 0 Å². The molecule has 1 aromatic carbocycles. The zero-order valence-electron chi connectivity index (χ0n) is 10.2. The van der Waals surface area contributed by atoms with E-state index >= 15 is 0 Å². The number of ether oxygens (including phenoxy) is 1. The monoisotopic (exact) mass is 248 g/mol. The van der Waals surface area contributed by atoms with Crippen LogP contribution in [0.15, 0.2) is 18.2 Å². The van der Waals surface area contributed by atoms with E-state index in [4.69, 9.17) is 4.74 Å². The van der Waals surface area contributed by atoms with E-state index in [9.17, 15) is 0 Å². The Morgan fingerprint density at radius 3 is 2.89 bits per heavy atom. The number of benzene rings is 1. The number of hydrogen-bond acceptors (Lipinski definition) is 3. The number of nitrogens with zero attached hydrogens (tertiary/aromatic N) is 1. The van der Waals surface area contributed by atoms with Gasteiger partial charge in [-0.1, -0.05) is 7.43 Å². The summed E-state index contributed by atoms with van der Waals surface area (Å²) in [7, 11) is 0. The Labute approximate surface area is 110 Å². The van der Waals surface area contributed by atoms with Crippen LogP contribution in [-0.4, -0.2) is 37.7 Å². The van der Waals surface area contributed by atoms with Gasteiger partial charge in [0.25, 0.3) is 0 Å². The highest BCUT2D eigenvalue weighted by atomic mass is 16.5. The summed E-state index contributed by atoms with van der Waals surface area (Å²) in [4.78, 5) is 2.48. The lowest BCUT2D eigenvalue weighted by Crippen LogP contribution is -2.25. The number of fused-ring (bicyclic) bond motifs is 1. The number of likely N-dealkylation sites (tertiary alicyclic amines) is 1. The highest BCUT2D eigenvalue weighted by molar-refractivity contribution is 5.57. The molecule has 2 aliphatic heterocycles. The Hall–Kier alpha value is -1.22. The van der Waals surface area contributed by atoms with Gasteiger partial charge in [-0.15, -0.1) is 0 Å². The molecule has 0 aliphatic carbocycles. The van der Waals surface area contributed by atoms with E-state index in [2.05, 4.69) is 28.4 Å². The summed E-state index contributed by atoms with van der Waals surface area (Å²) in [5, 5.41) is 3.36. The van der Waals surface area contributed by atoms with Gasteiger partial charge in [0.1, 0.15) is 12.4 Å². The fourth-order valence-corrected chi connectivity index (χ4v) is 2.67. The zero-order valence-corrected chi connectivity index (χ0v) is 10.2. The lowest BCUT2D eigenvalue weighted by molar-refractivity contribution is 0.237. The fraction of sp³-hybridized carbons (Fsp3) is 0.600. The molecule has 0 spiro atoms. The van der Waals surface area contributed by atoms with Crippen LogP contribution in [0.1, 0.15) is 25.8 Å². The van der Waals surface area contributed by atoms with E-state index in [1.165, 1.54) is 37.2 Å². The Kier molecular flexibility index (Phi) is 4.48. The van der Waals surface area contributed by atoms with Crippen molar-refractivity contribution in [1.82, 2.24) is 4.90 Å². The summed E-state index contributed by atoms with van der Waals surface area (Å²) in [5.41, 5.74) is 2.67. The fourth-order valence-electron chi connectivity index (χ4n) is 2.67. The van der Waals surface area contributed by atoms with Crippen LogP contribution in [-0.2, 0) is 6.42 Å². The molecule has 2 aliphatic rings. The first kappa shape index (κ1) is 13.2.